The molecule has 0 saturated carbocycles. The van der Waals surface area contributed by atoms with Crippen LogP contribution in [0.5, 0.6) is 0 Å². The predicted octanol–water partition coefficient (Wildman–Crippen LogP) is 1.84. The molecule has 0 bridgehead atoms. The lowest BCUT2D eigenvalue weighted by atomic mass is 9.94. The average molecular weight is 391 g/mol. The third-order valence-electron chi connectivity index (χ3n) is 4.08. The molecule has 2 aliphatic heterocycles. The van der Waals surface area contributed by atoms with Gasteiger partial charge in [-0.2, -0.15) is 0 Å². The van der Waals surface area contributed by atoms with Crippen LogP contribution in [0.3, 0.4) is 0 Å². The molecular weight excluding hydrogens is 373 g/mol. The van der Waals surface area contributed by atoms with Crippen molar-refractivity contribution < 1.29 is 27.9 Å². The van der Waals surface area contributed by atoms with Gasteiger partial charge in [-0.05, 0) is 13.8 Å². The third kappa shape index (κ3) is 3.61. The maximum atomic E-state index is 12.5. The van der Waals surface area contributed by atoms with Gasteiger partial charge in [0.2, 0.25) is 0 Å². The lowest BCUT2D eigenvalue weighted by Gasteiger charge is -2.46. The van der Waals surface area contributed by atoms with Crippen LogP contribution in [0.25, 0.3) is 0 Å². The molecule has 3 atom stereocenters. The minimum absolute atomic E-state index is 0.0433. The number of thioether (sulfide) groups is 2. The molecule has 0 unspecified atom stereocenters. The number of rotatable bonds is 7. The Kier molecular flexibility index (Phi) is 5.49. The van der Waals surface area contributed by atoms with Crippen molar-refractivity contribution in [1.82, 2.24) is 4.90 Å². The number of carbonyl (C=O) groups is 1. The lowest BCUT2D eigenvalue weighted by molar-refractivity contribution is -0.144. The molecule has 0 amide bonds. The van der Waals surface area contributed by atoms with Crippen molar-refractivity contribution in [2.75, 3.05) is 19.0 Å². The molecule has 0 aromatic carbocycles. The van der Waals surface area contributed by atoms with Gasteiger partial charge in [-0.15, -0.1) is 11.8 Å². The van der Waals surface area contributed by atoms with E-state index in [4.69, 9.17) is 13.6 Å². The zero-order valence-corrected chi connectivity index (χ0v) is 15.3. The molecule has 25 heavy (non-hydrogen) atoms. The first-order chi connectivity index (χ1) is 11.9. The second kappa shape index (κ2) is 7.46. The van der Waals surface area contributed by atoms with Crippen molar-refractivity contribution in [1.29, 1.82) is 0 Å². The Bertz CT molecular complexity index is 743. The molecule has 1 aromatic rings. The van der Waals surface area contributed by atoms with Crippen LogP contribution in [-0.2, 0) is 16.1 Å². The topological polar surface area (TPSA) is 93.1 Å². The number of alkyl halides is 1. The Morgan fingerprint density at radius 2 is 2.32 bits per heavy atom. The number of aliphatic hydroxyl groups excluding tert-OH is 1. The van der Waals surface area contributed by atoms with Gasteiger partial charge in [-0.25, -0.2) is 9.59 Å². The Balaban J connectivity index is 1.71. The van der Waals surface area contributed by atoms with Gasteiger partial charge in [-0.1, -0.05) is 11.8 Å². The summed E-state index contributed by atoms with van der Waals surface area (Å²) < 4.78 is 28.0. The van der Waals surface area contributed by atoms with Gasteiger partial charge < -0.3 is 23.6 Å². The lowest BCUT2D eigenvalue weighted by Crippen LogP contribution is -2.56. The summed E-state index contributed by atoms with van der Waals surface area (Å²) in [6.45, 7) is 3.08. The van der Waals surface area contributed by atoms with Gasteiger partial charge in [0, 0.05) is 18.2 Å². The summed E-state index contributed by atoms with van der Waals surface area (Å²) in [5.41, 5.74) is 0.383. The Morgan fingerprint density at radius 1 is 1.56 bits per heavy atom. The predicted molar refractivity (Wildman–Crippen MR) is 90.5 cm³/mol. The summed E-state index contributed by atoms with van der Waals surface area (Å²) >= 11 is 2.71. The van der Waals surface area contributed by atoms with Crippen LogP contribution in [0.2, 0.25) is 0 Å². The Morgan fingerprint density at radius 3 is 2.92 bits per heavy atom. The molecule has 3 heterocycles. The number of ether oxygens (including phenoxy) is 1. The fraction of sp³-hybridized carbons (Fsp3) is 0.600. The van der Waals surface area contributed by atoms with Gasteiger partial charge >= 0.3 is 11.8 Å². The van der Waals surface area contributed by atoms with E-state index in [1.165, 1.54) is 23.5 Å². The van der Waals surface area contributed by atoms with E-state index >= 15 is 0 Å². The number of halogens is 1. The van der Waals surface area contributed by atoms with Crippen molar-refractivity contribution in [2.24, 2.45) is 5.92 Å². The highest BCUT2D eigenvalue weighted by atomic mass is 32.2. The smallest absolute Gasteiger partial charge is 0.453 e. The molecule has 1 N–H and O–H groups in total. The second-order valence-electron chi connectivity index (χ2n) is 5.75. The van der Waals surface area contributed by atoms with Crippen molar-refractivity contribution in [3.05, 3.63) is 32.1 Å². The maximum absolute atomic E-state index is 12.5. The highest BCUT2D eigenvalue weighted by Gasteiger charge is 2.51. The van der Waals surface area contributed by atoms with Gasteiger partial charge in [0.25, 0.3) is 0 Å². The van der Waals surface area contributed by atoms with E-state index in [1.54, 1.807) is 13.8 Å². The first-order valence-corrected chi connectivity index (χ1v) is 9.59. The second-order valence-corrected chi connectivity index (χ2v) is 8.24. The van der Waals surface area contributed by atoms with Crippen molar-refractivity contribution >= 4 is 29.5 Å². The summed E-state index contributed by atoms with van der Waals surface area (Å²) in [6, 6.07) is 0. The summed E-state index contributed by atoms with van der Waals surface area (Å²) in [7, 11) is 0. The molecule has 138 valence electrons. The number of hydrogen-bond donors (Lipinski definition) is 1. The molecule has 0 spiro atoms. The van der Waals surface area contributed by atoms with Crippen LogP contribution in [-0.4, -0.2) is 46.4 Å². The average Bonchev–Trinajstić information content (AvgIpc) is 2.99. The zero-order chi connectivity index (χ0) is 18.1. The molecule has 0 aliphatic carbocycles. The molecule has 1 fully saturated rings. The Labute approximate surface area is 151 Å². The van der Waals surface area contributed by atoms with Crippen LogP contribution >= 0.6 is 23.5 Å². The highest BCUT2D eigenvalue weighted by Crippen LogP contribution is 2.53. The Hall–Kier alpha value is -1.39. The summed E-state index contributed by atoms with van der Waals surface area (Å²) in [5.74, 6) is -0.704. The zero-order valence-electron chi connectivity index (χ0n) is 13.7. The maximum Gasteiger partial charge on any atom is 0.519 e. The number of aryl methyl sites for hydroxylation is 1. The molecule has 0 radical (unpaired) electrons. The molecule has 3 rings (SSSR count). The van der Waals surface area contributed by atoms with Crippen LogP contribution in [0.1, 0.15) is 18.4 Å². The van der Waals surface area contributed by atoms with Gasteiger partial charge in [0.1, 0.15) is 5.70 Å². The monoisotopic (exact) mass is 391 g/mol. The van der Waals surface area contributed by atoms with E-state index in [9.17, 15) is 19.1 Å². The van der Waals surface area contributed by atoms with Crippen LogP contribution < -0.4 is 5.82 Å². The fourth-order valence-electron chi connectivity index (χ4n) is 2.70. The number of fused-ring (bicyclic) bond motifs is 1. The molecule has 2 aliphatic rings. The number of esters is 1. The minimum Gasteiger partial charge on any atom is -0.453 e. The first kappa shape index (κ1) is 18.4. The van der Waals surface area contributed by atoms with E-state index in [-0.39, 0.29) is 35.2 Å². The van der Waals surface area contributed by atoms with E-state index in [2.05, 4.69) is 0 Å². The van der Waals surface area contributed by atoms with Crippen LogP contribution in [0.4, 0.5) is 4.39 Å². The van der Waals surface area contributed by atoms with E-state index in [1.807, 2.05) is 4.90 Å². The summed E-state index contributed by atoms with van der Waals surface area (Å²) in [6.07, 6.45) is -0.487. The van der Waals surface area contributed by atoms with Gasteiger partial charge in [0.05, 0.1) is 22.4 Å². The highest BCUT2D eigenvalue weighted by molar-refractivity contribution is 8.22. The van der Waals surface area contributed by atoms with Crippen LogP contribution in [0.15, 0.2) is 23.6 Å². The number of nitrogens with zero attached hydrogens (tertiary/aromatic N) is 1. The standard InChI is InChI=1S/C15H18FNO6S2/c1-7(18)9-5-17-11(14(24-4-3-16)25-12(9)17)13(19)21-6-10-8(2)22-15(20)23-10/h7,9,12,18H,3-6H2,1-2H3/t7-,9+,12-/m1/s1. The summed E-state index contributed by atoms with van der Waals surface area (Å²) in [4.78, 5) is 25.4. The molecule has 1 aromatic heterocycles. The number of aliphatic hydroxyl groups is 1. The van der Waals surface area contributed by atoms with Crippen molar-refractivity contribution in [2.45, 2.75) is 31.9 Å². The molecule has 7 nitrogen and oxygen atoms in total. The largest absolute Gasteiger partial charge is 0.519 e. The van der Waals surface area contributed by atoms with Crippen LogP contribution in [0, 0.1) is 12.8 Å². The number of hydrogen-bond acceptors (Lipinski definition) is 9. The number of carbonyl (C=O) groups excluding carboxylic acids is 1. The van der Waals surface area contributed by atoms with Crippen molar-refractivity contribution in [3.8, 4) is 0 Å². The normalized spacial score (nSPS) is 23.4. The molecule has 1 saturated heterocycles. The quantitative estimate of drug-likeness (QED) is 0.699. The molecular formula is C15H18FNO6S2. The van der Waals surface area contributed by atoms with E-state index in [0.717, 1.165) is 0 Å². The van der Waals surface area contributed by atoms with Gasteiger partial charge in [-0.3, -0.25) is 4.39 Å². The molecule has 10 heteroatoms. The minimum atomic E-state index is -0.846. The van der Waals surface area contributed by atoms with E-state index < -0.39 is 24.6 Å². The van der Waals surface area contributed by atoms with Crippen molar-refractivity contribution in [3.63, 3.8) is 0 Å². The fourth-order valence-corrected chi connectivity index (χ4v) is 5.45. The SMILES string of the molecule is Cc1oc(=O)oc1COC(=O)C1=C(SCCF)S[C@@H]2[C@H]([C@@H](C)O)CN12. The summed E-state index contributed by atoms with van der Waals surface area (Å²) in [5, 5.41) is 9.75. The van der Waals surface area contributed by atoms with Gasteiger partial charge in [0.15, 0.2) is 18.1 Å². The van der Waals surface area contributed by atoms with E-state index in [0.29, 0.717) is 16.5 Å². The first-order valence-electron chi connectivity index (χ1n) is 7.73. The third-order valence-corrected chi connectivity index (χ3v) is 6.79.